The molecule has 2 radical (unpaired) electrons. The van der Waals surface area contributed by atoms with Crippen molar-refractivity contribution in [2.24, 2.45) is 12.0 Å². The monoisotopic (exact) mass is 190 g/mol. The topological polar surface area (TPSA) is 30.4 Å². The summed E-state index contributed by atoms with van der Waals surface area (Å²) in [6, 6.07) is 0. The summed E-state index contributed by atoms with van der Waals surface area (Å²) in [5, 5.41) is 0. The second kappa shape index (κ2) is 3.68. The number of oxazole rings is 1. The standard InChI is InChI=1S/C10H15BN2O/c1-12-10-13(2)8-5-3-4-7(11)6-9(8)14-10/h7H,3-6H2,1-2H3. The minimum Gasteiger partial charge on any atom is -0.428 e. The molecule has 1 aliphatic carbocycles. The first-order chi connectivity index (χ1) is 6.72. The minimum absolute atomic E-state index is 0.243. The van der Waals surface area contributed by atoms with Crippen LogP contribution in [0.5, 0.6) is 0 Å². The molecule has 14 heavy (non-hydrogen) atoms. The van der Waals surface area contributed by atoms with Crippen LogP contribution in [-0.2, 0) is 19.9 Å². The molecule has 74 valence electrons. The Morgan fingerprint density at radius 1 is 1.57 bits per heavy atom. The molecule has 0 N–H and O–H groups in total. The van der Waals surface area contributed by atoms with Crippen molar-refractivity contribution in [2.75, 3.05) is 7.05 Å². The first-order valence-electron chi connectivity index (χ1n) is 5.08. The van der Waals surface area contributed by atoms with Gasteiger partial charge >= 0.3 is 0 Å². The molecule has 0 fully saturated rings. The summed E-state index contributed by atoms with van der Waals surface area (Å²) >= 11 is 0. The summed E-state index contributed by atoms with van der Waals surface area (Å²) in [6.07, 6.45) is 4.13. The van der Waals surface area contributed by atoms with Gasteiger partial charge in [0.05, 0.1) is 13.5 Å². The van der Waals surface area contributed by atoms with Crippen molar-refractivity contribution >= 4 is 7.85 Å². The van der Waals surface area contributed by atoms with E-state index in [1.807, 2.05) is 11.6 Å². The van der Waals surface area contributed by atoms with Gasteiger partial charge in [-0.2, -0.15) is 0 Å². The number of nitrogens with zero attached hydrogens (tertiary/aromatic N) is 2. The van der Waals surface area contributed by atoms with Crippen LogP contribution in [0.15, 0.2) is 9.41 Å². The number of hydrogen-bond acceptors (Lipinski definition) is 2. The van der Waals surface area contributed by atoms with Crippen molar-refractivity contribution in [3.63, 3.8) is 0 Å². The van der Waals surface area contributed by atoms with E-state index in [4.69, 9.17) is 12.3 Å². The van der Waals surface area contributed by atoms with Crippen LogP contribution in [0.1, 0.15) is 24.3 Å². The Balaban J connectivity index is 2.48. The molecule has 0 saturated carbocycles. The molecule has 0 aromatic carbocycles. The van der Waals surface area contributed by atoms with Gasteiger partial charge in [0, 0.05) is 20.5 Å². The lowest BCUT2D eigenvalue weighted by Crippen LogP contribution is -2.14. The second-order valence-electron chi connectivity index (χ2n) is 3.89. The van der Waals surface area contributed by atoms with E-state index in [-0.39, 0.29) is 5.82 Å². The molecule has 0 saturated heterocycles. The maximum atomic E-state index is 5.95. The summed E-state index contributed by atoms with van der Waals surface area (Å²) in [4.78, 5) is 4.09. The van der Waals surface area contributed by atoms with Crippen LogP contribution in [0.2, 0.25) is 5.82 Å². The van der Waals surface area contributed by atoms with Crippen LogP contribution in [-0.4, -0.2) is 19.5 Å². The molecule has 1 aliphatic rings. The molecule has 2 rings (SSSR count). The maximum absolute atomic E-state index is 5.95. The first-order valence-corrected chi connectivity index (χ1v) is 5.08. The van der Waals surface area contributed by atoms with Crippen LogP contribution in [0.4, 0.5) is 0 Å². The minimum atomic E-state index is 0.243. The van der Waals surface area contributed by atoms with Crippen LogP contribution in [0.3, 0.4) is 0 Å². The third-order valence-corrected chi connectivity index (χ3v) is 2.86. The fourth-order valence-electron chi connectivity index (χ4n) is 2.07. The number of rotatable bonds is 0. The smallest absolute Gasteiger partial charge is 0.296 e. The van der Waals surface area contributed by atoms with Gasteiger partial charge in [-0.3, -0.25) is 4.57 Å². The van der Waals surface area contributed by atoms with E-state index in [1.165, 1.54) is 5.69 Å². The number of fused-ring (bicyclic) bond motifs is 1. The van der Waals surface area contributed by atoms with Crippen molar-refractivity contribution in [2.45, 2.75) is 31.5 Å². The van der Waals surface area contributed by atoms with E-state index in [2.05, 4.69) is 4.99 Å². The number of hydrogen-bond donors (Lipinski definition) is 0. The lowest BCUT2D eigenvalue weighted by molar-refractivity contribution is 0.434. The Labute approximate surface area is 85.3 Å². The van der Waals surface area contributed by atoms with Crippen LogP contribution < -0.4 is 5.68 Å². The van der Waals surface area contributed by atoms with E-state index in [0.29, 0.717) is 5.68 Å². The van der Waals surface area contributed by atoms with E-state index in [9.17, 15) is 0 Å². The quantitative estimate of drug-likeness (QED) is 0.443. The largest absolute Gasteiger partial charge is 0.428 e. The zero-order valence-corrected chi connectivity index (χ0v) is 8.79. The fourth-order valence-corrected chi connectivity index (χ4v) is 2.07. The highest BCUT2D eigenvalue weighted by Gasteiger charge is 2.18. The summed E-state index contributed by atoms with van der Waals surface area (Å²) in [7, 11) is 9.70. The Morgan fingerprint density at radius 3 is 3.07 bits per heavy atom. The highest BCUT2D eigenvalue weighted by atomic mass is 16.4. The van der Waals surface area contributed by atoms with Crippen molar-refractivity contribution < 1.29 is 4.42 Å². The Bertz CT molecular complexity index is 391. The van der Waals surface area contributed by atoms with Gasteiger partial charge in [-0.05, 0) is 12.8 Å². The predicted molar refractivity (Wildman–Crippen MR) is 55.3 cm³/mol. The van der Waals surface area contributed by atoms with Gasteiger partial charge in [0.2, 0.25) is 0 Å². The van der Waals surface area contributed by atoms with Gasteiger partial charge in [-0.15, -0.1) is 0 Å². The SMILES string of the molecule is [B]C1CCCc2c(oc(=NC)n2C)C1. The zero-order valence-electron chi connectivity index (χ0n) is 8.79. The normalized spacial score (nSPS) is 23.3. The molecule has 1 unspecified atom stereocenters. The molecule has 4 heteroatoms. The van der Waals surface area contributed by atoms with Gasteiger partial charge in [-0.25, -0.2) is 4.99 Å². The summed E-state index contributed by atoms with van der Waals surface area (Å²) in [5.74, 6) is 1.27. The van der Waals surface area contributed by atoms with Gasteiger partial charge in [0.1, 0.15) is 5.76 Å². The molecule has 0 aliphatic heterocycles. The molecular formula is C10H15BN2O. The third kappa shape index (κ3) is 1.53. The molecule has 1 aromatic rings. The van der Waals surface area contributed by atoms with Crippen molar-refractivity contribution in [1.29, 1.82) is 0 Å². The van der Waals surface area contributed by atoms with Gasteiger partial charge in [0.15, 0.2) is 0 Å². The van der Waals surface area contributed by atoms with Gasteiger partial charge < -0.3 is 4.42 Å². The van der Waals surface area contributed by atoms with Crippen LogP contribution in [0.25, 0.3) is 0 Å². The molecule has 1 aromatic heterocycles. The summed E-state index contributed by atoms with van der Waals surface area (Å²) in [6.45, 7) is 0. The van der Waals surface area contributed by atoms with E-state index >= 15 is 0 Å². The second-order valence-corrected chi connectivity index (χ2v) is 3.89. The average molecular weight is 190 g/mol. The molecule has 1 atom stereocenters. The Kier molecular flexibility index (Phi) is 2.53. The van der Waals surface area contributed by atoms with Gasteiger partial charge in [0.25, 0.3) is 5.68 Å². The highest BCUT2D eigenvalue weighted by molar-refractivity contribution is 6.11. The zero-order chi connectivity index (χ0) is 10.1. The lowest BCUT2D eigenvalue weighted by atomic mass is 9.81. The summed E-state index contributed by atoms with van der Waals surface area (Å²) < 4.78 is 7.69. The number of aromatic nitrogens is 1. The Morgan fingerprint density at radius 2 is 2.36 bits per heavy atom. The predicted octanol–water partition coefficient (Wildman–Crippen LogP) is 0.984. The molecule has 1 heterocycles. The van der Waals surface area contributed by atoms with Crippen LogP contribution in [0, 0.1) is 0 Å². The highest BCUT2D eigenvalue weighted by Crippen LogP contribution is 2.24. The van der Waals surface area contributed by atoms with E-state index < -0.39 is 0 Å². The summed E-state index contributed by atoms with van der Waals surface area (Å²) in [5.41, 5.74) is 1.96. The molecule has 0 spiro atoms. The molecule has 0 bridgehead atoms. The van der Waals surface area contributed by atoms with Crippen molar-refractivity contribution in [3.8, 4) is 0 Å². The molecule has 0 amide bonds. The maximum Gasteiger partial charge on any atom is 0.296 e. The fraction of sp³-hybridized carbons (Fsp3) is 0.700. The first kappa shape index (κ1) is 9.62. The average Bonchev–Trinajstić information content (AvgIpc) is 2.34. The van der Waals surface area contributed by atoms with E-state index in [0.717, 1.165) is 31.4 Å². The van der Waals surface area contributed by atoms with Gasteiger partial charge in [-0.1, -0.05) is 12.2 Å². The third-order valence-electron chi connectivity index (χ3n) is 2.86. The van der Waals surface area contributed by atoms with E-state index in [1.54, 1.807) is 7.05 Å². The van der Waals surface area contributed by atoms with Crippen molar-refractivity contribution in [3.05, 3.63) is 17.1 Å². The Hall–Kier alpha value is -0.925. The van der Waals surface area contributed by atoms with Crippen molar-refractivity contribution in [1.82, 2.24) is 4.57 Å². The van der Waals surface area contributed by atoms with Crippen LogP contribution >= 0.6 is 0 Å². The lowest BCUT2D eigenvalue weighted by Gasteiger charge is -2.03. The molecule has 3 nitrogen and oxygen atoms in total. The molecular weight excluding hydrogens is 175 g/mol.